The van der Waals surface area contributed by atoms with E-state index >= 15 is 0 Å². The van der Waals surface area contributed by atoms with Crippen molar-refractivity contribution < 1.29 is 13.2 Å². The van der Waals surface area contributed by atoms with Crippen LogP contribution in [0.15, 0.2) is 48.5 Å². The van der Waals surface area contributed by atoms with E-state index in [-0.39, 0.29) is 12.5 Å². The molecule has 1 N–H and O–H groups in total. The van der Waals surface area contributed by atoms with Gasteiger partial charge in [-0.15, -0.1) is 0 Å². The Labute approximate surface area is 181 Å². The van der Waals surface area contributed by atoms with Crippen LogP contribution in [0.2, 0.25) is 0 Å². The smallest absolute Gasteiger partial charge is 0.251 e. The summed E-state index contributed by atoms with van der Waals surface area (Å²) in [5.41, 5.74) is 3.11. The van der Waals surface area contributed by atoms with E-state index in [9.17, 15) is 13.2 Å². The highest BCUT2D eigenvalue weighted by molar-refractivity contribution is 7.92. The lowest BCUT2D eigenvalue weighted by atomic mass is 9.99. The Morgan fingerprint density at radius 2 is 1.67 bits per heavy atom. The van der Waals surface area contributed by atoms with Gasteiger partial charge in [-0.25, -0.2) is 8.42 Å². The van der Waals surface area contributed by atoms with Crippen LogP contribution in [0.4, 0.5) is 5.69 Å². The molecule has 0 aliphatic heterocycles. The number of carbonyl (C=O) groups excluding carboxylic acids is 1. The van der Waals surface area contributed by atoms with Gasteiger partial charge in [-0.05, 0) is 49.1 Å². The van der Waals surface area contributed by atoms with Gasteiger partial charge in [0.05, 0.1) is 18.5 Å². The number of sulfonamides is 1. The van der Waals surface area contributed by atoms with Gasteiger partial charge in [0.2, 0.25) is 10.0 Å². The quantitative estimate of drug-likeness (QED) is 0.551. The highest BCUT2D eigenvalue weighted by Crippen LogP contribution is 2.21. The molecule has 2 aromatic rings. The van der Waals surface area contributed by atoms with Gasteiger partial charge in [-0.3, -0.25) is 9.10 Å². The van der Waals surface area contributed by atoms with E-state index in [0.29, 0.717) is 23.7 Å². The molecule has 0 bridgehead atoms. The van der Waals surface area contributed by atoms with Gasteiger partial charge in [0.1, 0.15) is 0 Å². The number of anilines is 1. The highest BCUT2D eigenvalue weighted by Gasteiger charge is 2.18. The number of nitrogens with one attached hydrogen (secondary N) is 1. The zero-order chi connectivity index (χ0) is 22.1. The topological polar surface area (TPSA) is 66.5 Å². The van der Waals surface area contributed by atoms with Crippen molar-refractivity contribution in [3.05, 3.63) is 65.2 Å². The molecule has 0 heterocycles. The third kappa shape index (κ3) is 7.17. The first kappa shape index (κ1) is 23.9. The fraction of sp³-hybridized carbons (Fsp3) is 0.458. The fourth-order valence-corrected chi connectivity index (χ4v) is 4.21. The van der Waals surface area contributed by atoms with E-state index in [1.807, 2.05) is 31.2 Å². The number of benzene rings is 2. The zero-order valence-corrected chi connectivity index (χ0v) is 19.3. The molecule has 0 saturated heterocycles. The first-order valence-electron chi connectivity index (χ1n) is 10.7. The van der Waals surface area contributed by atoms with Crippen molar-refractivity contribution >= 4 is 21.6 Å². The molecule has 1 atom stereocenters. The lowest BCUT2D eigenvalue weighted by molar-refractivity contribution is 0.0946. The van der Waals surface area contributed by atoms with Crippen LogP contribution in [-0.4, -0.2) is 27.1 Å². The Balaban J connectivity index is 2.04. The van der Waals surface area contributed by atoms with Crippen LogP contribution < -0.4 is 9.62 Å². The Kier molecular flexibility index (Phi) is 8.90. The van der Waals surface area contributed by atoms with E-state index in [1.165, 1.54) is 23.4 Å². The maximum absolute atomic E-state index is 12.5. The van der Waals surface area contributed by atoms with Gasteiger partial charge in [0.15, 0.2) is 0 Å². The van der Waals surface area contributed by atoms with Crippen LogP contribution >= 0.6 is 0 Å². The van der Waals surface area contributed by atoms with E-state index in [2.05, 4.69) is 19.2 Å². The lowest BCUT2D eigenvalue weighted by Gasteiger charge is -2.23. The summed E-state index contributed by atoms with van der Waals surface area (Å²) in [5, 5.41) is 3.03. The maximum atomic E-state index is 12.5. The van der Waals surface area contributed by atoms with Crippen molar-refractivity contribution in [2.75, 3.05) is 17.1 Å². The molecule has 0 saturated carbocycles. The highest BCUT2D eigenvalue weighted by atomic mass is 32.2. The average Bonchev–Trinajstić information content (AvgIpc) is 2.72. The number of aryl methyl sites for hydroxylation is 1. The molecule has 0 spiro atoms. The third-order valence-corrected chi connectivity index (χ3v) is 6.50. The number of nitrogens with zero attached hydrogens (tertiary/aromatic N) is 1. The molecule has 2 rings (SSSR count). The van der Waals surface area contributed by atoms with Crippen molar-refractivity contribution in [2.24, 2.45) is 5.92 Å². The van der Waals surface area contributed by atoms with Crippen molar-refractivity contribution in [3.8, 4) is 0 Å². The van der Waals surface area contributed by atoms with Gasteiger partial charge in [-0.1, -0.05) is 62.9 Å². The summed E-state index contributed by atoms with van der Waals surface area (Å²) in [6.45, 7) is 7.20. The van der Waals surface area contributed by atoms with Gasteiger partial charge < -0.3 is 5.32 Å². The molecule has 164 valence electrons. The third-order valence-electron chi connectivity index (χ3n) is 5.36. The summed E-state index contributed by atoms with van der Waals surface area (Å²) in [6, 6.07) is 14.5. The Morgan fingerprint density at radius 3 is 2.20 bits per heavy atom. The second-order valence-electron chi connectivity index (χ2n) is 7.93. The average molecular weight is 431 g/mol. The molecule has 30 heavy (non-hydrogen) atoms. The van der Waals surface area contributed by atoms with E-state index in [4.69, 9.17) is 0 Å². The van der Waals surface area contributed by atoms with Crippen LogP contribution in [0, 0.1) is 12.8 Å². The van der Waals surface area contributed by atoms with Crippen LogP contribution in [0.5, 0.6) is 0 Å². The summed E-state index contributed by atoms with van der Waals surface area (Å²) in [6.07, 6.45) is 5.74. The number of hydrogen-bond acceptors (Lipinski definition) is 3. The first-order valence-corrected chi connectivity index (χ1v) is 12.5. The standard InChI is InChI=1S/C24H34N2O3S/c1-5-7-8-20(6-2)17-25-24(27)22-13-11-21(12-14-22)18-26(30(4,28)29)23-15-9-19(3)10-16-23/h9-16,20H,5-8,17-18H2,1-4H3,(H,25,27). The van der Waals surface area contributed by atoms with E-state index in [0.717, 1.165) is 24.0 Å². The lowest BCUT2D eigenvalue weighted by Crippen LogP contribution is -2.30. The number of amides is 1. The molecule has 2 aromatic carbocycles. The normalized spacial score (nSPS) is 12.4. The molecule has 0 aliphatic rings. The minimum Gasteiger partial charge on any atom is -0.352 e. The maximum Gasteiger partial charge on any atom is 0.251 e. The minimum atomic E-state index is -3.43. The predicted molar refractivity (Wildman–Crippen MR) is 124 cm³/mol. The van der Waals surface area contributed by atoms with Crippen LogP contribution in [0.25, 0.3) is 0 Å². The molecule has 0 aromatic heterocycles. The van der Waals surface area contributed by atoms with Crippen LogP contribution in [0.1, 0.15) is 61.0 Å². The molecule has 0 radical (unpaired) electrons. The predicted octanol–water partition coefficient (Wildman–Crippen LogP) is 4.91. The number of carbonyl (C=O) groups is 1. The van der Waals surface area contributed by atoms with Crippen LogP contribution in [-0.2, 0) is 16.6 Å². The molecule has 6 heteroatoms. The zero-order valence-electron chi connectivity index (χ0n) is 18.5. The minimum absolute atomic E-state index is 0.0880. The Morgan fingerprint density at radius 1 is 1.03 bits per heavy atom. The molecular formula is C24H34N2O3S. The summed E-state index contributed by atoms with van der Waals surface area (Å²) in [7, 11) is -3.43. The largest absolute Gasteiger partial charge is 0.352 e. The monoisotopic (exact) mass is 430 g/mol. The number of unbranched alkanes of at least 4 members (excludes halogenated alkanes) is 1. The SMILES string of the molecule is CCCCC(CC)CNC(=O)c1ccc(CN(c2ccc(C)cc2)S(C)(=O)=O)cc1. The van der Waals surface area contributed by atoms with Crippen LogP contribution in [0.3, 0.4) is 0 Å². The Hall–Kier alpha value is -2.34. The molecule has 5 nitrogen and oxygen atoms in total. The number of rotatable bonds is 11. The molecule has 0 aliphatic carbocycles. The van der Waals surface area contributed by atoms with Gasteiger partial charge in [0.25, 0.3) is 5.91 Å². The molecule has 1 amide bonds. The van der Waals surface area contributed by atoms with E-state index in [1.54, 1.807) is 24.3 Å². The van der Waals surface area contributed by atoms with Gasteiger partial charge in [-0.2, -0.15) is 0 Å². The Bertz CT molecular complexity index is 906. The summed E-state index contributed by atoms with van der Waals surface area (Å²) in [5.74, 6) is 0.418. The van der Waals surface area contributed by atoms with Crippen molar-refractivity contribution in [1.29, 1.82) is 0 Å². The van der Waals surface area contributed by atoms with Crippen molar-refractivity contribution in [2.45, 2.75) is 53.0 Å². The summed E-state index contributed by atoms with van der Waals surface area (Å²) < 4.78 is 26.0. The summed E-state index contributed by atoms with van der Waals surface area (Å²) >= 11 is 0. The van der Waals surface area contributed by atoms with E-state index < -0.39 is 10.0 Å². The fourth-order valence-electron chi connectivity index (χ4n) is 3.32. The van der Waals surface area contributed by atoms with Crippen molar-refractivity contribution in [1.82, 2.24) is 5.32 Å². The first-order chi connectivity index (χ1) is 14.2. The molecular weight excluding hydrogens is 396 g/mol. The second kappa shape index (κ2) is 11.2. The van der Waals surface area contributed by atoms with Gasteiger partial charge in [0, 0.05) is 12.1 Å². The molecule has 0 fully saturated rings. The van der Waals surface area contributed by atoms with Gasteiger partial charge >= 0.3 is 0 Å². The summed E-state index contributed by atoms with van der Waals surface area (Å²) in [4.78, 5) is 12.5. The van der Waals surface area contributed by atoms with Crippen molar-refractivity contribution in [3.63, 3.8) is 0 Å². The second-order valence-corrected chi connectivity index (χ2v) is 9.84. The number of hydrogen-bond donors (Lipinski definition) is 1. The molecule has 1 unspecified atom stereocenters.